The van der Waals surface area contributed by atoms with Crippen molar-refractivity contribution < 1.29 is 9.59 Å². The van der Waals surface area contributed by atoms with E-state index in [0.29, 0.717) is 19.4 Å². The summed E-state index contributed by atoms with van der Waals surface area (Å²) in [7, 11) is 0. The van der Waals surface area contributed by atoms with E-state index in [4.69, 9.17) is 11.5 Å². The Kier molecular flexibility index (Phi) is 4.74. The topological polar surface area (TPSA) is 89.4 Å². The van der Waals surface area contributed by atoms with E-state index in [2.05, 4.69) is 0 Å². The van der Waals surface area contributed by atoms with Gasteiger partial charge in [-0.3, -0.25) is 9.59 Å². The lowest BCUT2D eigenvalue weighted by molar-refractivity contribution is -0.142. The summed E-state index contributed by atoms with van der Waals surface area (Å²) in [6.45, 7) is 0.564. The van der Waals surface area contributed by atoms with E-state index >= 15 is 0 Å². The molecule has 0 bridgehead atoms. The van der Waals surface area contributed by atoms with Crippen LogP contribution in [0, 0.1) is 0 Å². The second kappa shape index (κ2) is 6.52. The first kappa shape index (κ1) is 14.5. The van der Waals surface area contributed by atoms with Crippen molar-refractivity contribution in [3.05, 3.63) is 35.9 Å². The maximum Gasteiger partial charge on any atom is 0.240 e. The molecule has 1 heterocycles. The Morgan fingerprint density at radius 2 is 1.95 bits per heavy atom. The summed E-state index contributed by atoms with van der Waals surface area (Å²) in [5.74, 6) is -0.623. The zero-order chi connectivity index (χ0) is 14.5. The van der Waals surface area contributed by atoms with Crippen LogP contribution in [0.25, 0.3) is 0 Å². The number of carbonyl (C=O) groups excluding carboxylic acids is 2. The van der Waals surface area contributed by atoms with Crippen LogP contribution in [0.3, 0.4) is 0 Å². The van der Waals surface area contributed by atoms with Gasteiger partial charge in [-0.15, -0.1) is 0 Å². The van der Waals surface area contributed by atoms with Crippen LogP contribution in [0.4, 0.5) is 0 Å². The van der Waals surface area contributed by atoms with E-state index < -0.39 is 18.0 Å². The van der Waals surface area contributed by atoms with Crippen molar-refractivity contribution in [3.63, 3.8) is 0 Å². The average Bonchev–Trinajstić information content (AvgIpc) is 2.47. The fourth-order valence-corrected chi connectivity index (χ4v) is 2.66. The molecule has 0 radical (unpaired) electrons. The molecule has 1 fully saturated rings. The molecule has 1 aliphatic heterocycles. The Morgan fingerprint density at radius 3 is 2.60 bits per heavy atom. The van der Waals surface area contributed by atoms with Gasteiger partial charge >= 0.3 is 0 Å². The van der Waals surface area contributed by atoms with Crippen LogP contribution < -0.4 is 11.5 Å². The fourth-order valence-electron chi connectivity index (χ4n) is 2.66. The van der Waals surface area contributed by atoms with Crippen molar-refractivity contribution in [3.8, 4) is 0 Å². The molecular weight excluding hydrogens is 254 g/mol. The first-order chi connectivity index (χ1) is 9.59. The van der Waals surface area contributed by atoms with Gasteiger partial charge in [0, 0.05) is 6.54 Å². The van der Waals surface area contributed by atoms with Crippen LogP contribution in [0.1, 0.15) is 24.8 Å². The number of amides is 2. The molecule has 20 heavy (non-hydrogen) atoms. The molecule has 108 valence electrons. The second-order valence-electron chi connectivity index (χ2n) is 5.24. The third-order valence-electron chi connectivity index (χ3n) is 3.73. The molecule has 2 rings (SSSR count). The van der Waals surface area contributed by atoms with E-state index in [-0.39, 0.29) is 5.91 Å². The van der Waals surface area contributed by atoms with Crippen molar-refractivity contribution in [2.24, 2.45) is 11.5 Å². The monoisotopic (exact) mass is 275 g/mol. The highest BCUT2D eigenvalue weighted by Gasteiger charge is 2.32. The molecule has 4 N–H and O–H groups in total. The minimum absolute atomic E-state index is 0.183. The molecule has 1 aliphatic rings. The zero-order valence-electron chi connectivity index (χ0n) is 11.5. The standard InChI is InChI=1S/C15H21N3O2/c16-12(10-11-6-2-1-3-7-11)15(20)18-9-5-4-8-13(18)14(17)19/h1-3,6-7,12-13H,4-5,8-10,16H2,(H2,17,19). The number of benzene rings is 1. The molecule has 1 aromatic rings. The molecule has 0 aromatic heterocycles. The molecule has 0 saturated carbocycles. The second-order valence-corrected chi connectivity index (χ2v) is 5.24. The third-order valence-corrected chi connectivity index (χ3v) is 3.73. The molecule has 5 nitrogen and oxygen atoms in total. The summed E-state index contributed by atoms with van der Waals surface area (Å²) in [6.07, 6.45) is 2.93. The first-order valence-corrected chi connectivity index (χ1v) is 6.99. The summed E-state index contributed by atoms with van der Waals surface area (Å²) < 4.78 is 0. The van der Waals surface area contributed by atoms with Gasteiger partial charge < -0.3 is 16.4 Å². The molecule has 2 amide bonds. The van der Waals surface area contributed by atoms with E-state index in [1.165, 1.54) is 0 Å². The van der Waals surface area contributed by atoms with Gasteiger partial charge in [0.25, 0.3) is 0 Å². The van der Waals surface area contributed by atoms with Gasteiger partial charge in [-0.1, -0.05) is 30.3 Å². The minimum Gasteiger partial charge on any atom is -0.368 e. The average molecular weight is 275 g/mol. The number of rotatable bonds is 4. The van der Waals surface area contributed by atoms with Gasteiger partial charge in [-0.25, -0.2) is 0 Å². The van der Waals surface area contributed by atoms with Gasteiger partial charge in [-0.05, 0) is 31.2 Å². The quantitative estimate of drug-likeness (QED) is 0.834. The van der Waals surface area contributed by atoms with E-state index in [0.717, 1.165) is 18.4 Å². The SMILES string of the molecule is NC(=O)C1CCCCN1C(=O)C(N)Cc1ccccc1. The first-order valence-electron chi connectivity index (χ1n) is 6.99. The Bertz CT molecular complexity index is 475. The highest BCUT2D eigenvalue weighted by atomic mass is 16.2. The number of nitrogens with two attached hydrogens (primary N) is 2. The number of carbonyl (C=O) groups is 2. The smallest absolute Gasteiger partial charge is 0.240 e. The lowest BCUT2D eigenvalue weighted by Gasteiger charge is -2.35. The Hall–Kier alpha value is -1.88. The minimum atomic E-state index is -0.627. The van der Waals surface area contributed by atoms with Gasteiger partial charge in [0.1, 0.15) is 6.04 Å². The van der Waals surface area contributed by atoms with E-state index in [1.807, 2.05) is 30.3 Å². The number of hydrogen-bond donors (Lipinski definition) is 2. The fraction of sp³-hybridized carbons (Fsp3) is 0.467. The Balaban J connectivity index is 2.03. The van der Waals surface area contributed by atoms with Crippen LogP contribution in [-0.4, -0.2) is 35.3 Å². The molecule has 5 heteroatoms. The number of nitrogens with zero attached hydrogens (tertiary/aromatic N) is 1. The number of likely N-dealkylation sites (tertiary alicyclic amines) is 1. The van der Waals surface area contributed by atoms with Crippen molar-refractivity contribution in [1.82, 2.24) is 4.90 Å². The van der Waals surface area contributed by atoms with Crippen molar-refractivity contribution in [1.29, 1.82) is 0 Å². The predicted octanol–water partition coefficient (Wildman–Crippen LogP) is 0.423. The van der Waals surface area contributed by atoms with Crippen LogP contribution in [0.5, 0.6) is 0 Å². The maximum absolute atomic E-state index is 12.4. The summed E-state index contributed by atoms with van der Waals surface area (Å²) in [5.41, 5.74) is 12.4. The normalized spacial score (nSPS) is 20.4. The van der Waals surface area contributed by atoms with E-state index in [9.17, 15) is 9.59 Å². The maximum atomic E-state index is 12.4. The molecule has 2 atom stereocenters. The molecule has 1 saturated heterocycles. The molecule has 0 spiro atoms. The summed E-state index contributed by atoms with van der Waals surface area (Å²) in [5, 5.41) is 0. The van der Waals surface area contributed by atoms with Crippen LogP contribution in [0.15, 0.2) is 30.3 Å². The van der Waals surface area contributed by atoms with Crippen molar-refractivity contribution in [2.75, 3.05) is 6.54 Å². The number of hydrogen-bond acceptors (Lipinski definition) is 3. The highest BCUT2D eigenvalue weighted by Crippen LogP contribution is 2.18. The van der Waals surface area contributed by atoms with Gasteiger partial charge in [-0.2, -0.15) is 0 Å². The predicted molar refractivity (Wildman–Crippen MR) is 76.7 cm³/mol. The van der Waals surface area contributed by atoms with Gasteiger partial charge in [0.15, 0.2) is 0 Å². The Labute approximate surface area is 118 Å². The summed E-state index contributed by atoms with van der Waals surface area (Å²) in [6, 6.07) is 8.50. The third kappa shape index (κ3) is 3.36. The lowest BCUT2D eigenvalue weighted by atomic mass is 9.99. The van der Waals surface area contributed by atoms with Crippen LogP contribution in [-0.2, 0) is 16.0 Å². The summed E-state index contributed by atoms with van der Waals surface area (Å²) in [4.78, 5) is 25.4. The highest BCUT2D eigenvalue weighted by molar-refractivity contribution is 5.89. The van der Waals surface area contributed by atoms with Crippen molar-refractivity contribution >= 4 is 11.8 Å². The summed E-state index contributed by atoms with van der Waals surface area (Å²) >= 11 is 0. The van der Waals surface area contributed by atoms with E-state index in [1.54, 1.807) is 4.90 Å². The van der Waals surface area contributed by atoms with Crippen LogP contribution >= 0.6 is 0 Å². The number of primary amides is 1. The van der Waals surface area contributed by atoms with Crippen molar-refractivity contribution in [2.45, 2.75) is 37.8 Å². The molecular formula is C15H21N3O2. The van der Waals surface area contributed by atoms with Gasteiger partial charge in [0.2, 0.25) is 11.8 Å². The molecule has 2 unspecified atom stereocenters. The number of piperidine rings is 1. The Morgan fingerprint density at radius 1 is 1.25 bits per heavy atom. The van der Waals surface area contributed by atoms with Gasteiger partial charge in [0.05, 0.1) is 6.04 Å². The molecule has 1 aromatic carbocycles. The van der Waals surface area contributed by atoms with Crippen LogP contribution in [0.2, 0.25) is 0 Å². The largest absolute Gasteiger partial charge is 0.368 e. The lowest BCUT2D eigenvalue weighted by Crippen LogP contribution is -2.55. The zero-order valence-corrected chi connectivity index (χ0v) is 11.5. The molecule has 0 aliphatic carbocycles.